The van der Waals surface area contributed by atoms with E-state index in [9.17, 15) is 23.3 Å². The van der Waals surface area contributed by atoms with Crippen molar-refractivity contribution in [3.8, 4) is 5.75 Å². The SMILES string of the molecule is COc1ccc(S(=O)(=O)Nc2cccc(C(=O)O)c2)c([N+](=O)[O-])c1. The number of benzene rings is 2. The van der Waals surface area contributed by atoms with E-state index in [0.29, 0.717) is 0 Å². The molecule has 9 nitrogen and oxygen atoms in total. The summed E-state index contributed by atoms with van der Waals surface area (Å²) in [5, 5.41) is 20.0. The number of carboxylic acids is 1. The molecule has 0 unspecified atom stereocenters. The number of hydrogen-bond acceptors (Lipinski definition) is 6. The lowest BCUT2D eigenvalue weighted by Gasteiger charge is -2.10. The summed E-state index contributed by atoms with van der Waals surface area (Å²) in [5.41, 5.74) is -0.810. The second-order valence-electron chi connectivity index (χ2n) is 4.58. The van der Waals surface area contributed by atoms with Crippen molar-refractivity contribution in [3.05, 3.63) is 58.1 Å². The topological polar surface area (TPSA) is 136 Å². The summed E-state index contributed by atoms with van der Waals surface area (Å²) in [7, 11) is -3.00. The summed E-state index contributed by atoms with van der Waals surface area (Å²) in [4.78, 5) is 20.6. The Hall–Kier alpha value is -3.14. The molecule has 0 aliphatic rings. The number of nitro benzene ring substituents is 1. The molecule has 126 valence electrons. The largest absolute Gasteiger partial charge is 0.497 e. The maximum Gasteiger partial charge on any atom is 0.335 e. The minimum atomic E-state index is -4.30. The molecule has 0 radical (unpaired) electrons. The lowest BCUT2D eigenvalue weighted by atomic mass is 10.2. The number of sulfonamides is 1. The number of ether oxygens (including phenoxy) is 1. The zero-order chi connectivity index (χ0) is 17.9. The van der Waals surface area contributed by atoms with Crippen LogP contribution in [0.15, 0.2) is 47.4 Å². The average molecular weight is 352 g/mol. The Labute approximate surface area is 136 Å². The van der Waals surface area contributed by atoms with Gasteiger partial charge in [0.05, 0.1) is 23.7 Å². The molecule has 0 aromatic heterocycles. The number of carboxylic acid groups (broad SMARTS) is 1. The molecule has 0 bridgehead atoms. The van der Waals surface area contributed by atoms with Gasteiger partial charge in [0.25, 0.3) is 15.7 Å². The monoisotopic (exact) mass is 352 g/mol. The van der Waals surface area contributed by atoms with Crippen LogP contribution in [-0.4, -0.2) is 31.5 Å². The number of methoxy groups -OCH3 is 1. The Morgan fingerprint density at radius 2 is 1.96 bits per heavy atom. The lowest BCUT2D eigenvalue weighted by molar-refractivity contribution is -0.387. The van der Waals surface area contributed by atoms with E-state index >= 15 is 0 Å². The van der Waals surface area contributed by atoms with Crippen LogP contribution in [0.2, 0.25) is 0 Å². The predicted molar refractivity (Wildman–Crippen MR) is 83.9 cm³/mol. The molecule has 0 saturated carbocycles. The minimum absolute atomic E-state index is 0.0278. The zero-order valence-corrected chi connectivity index (χ0v) is 13.1. The van der Waals surface area contributed by atoms with Crippen molar-refractivity contribution in [2.45, 2.75) is 4.90 Å². The first kappa shape index (κ1) is 17.2. The second kappa shape index (κ2) is 6.54. The quantitative estimate of drug-likeness (QED) is 0.600. The van der Waals surface area contributed by atoms with Crippen LogP contribution in [0.1, 0.15) is 10.4 Å². The number of anilines is 1. The number of carbonyl (C=O) groups is 1. The fourth-order valence-corrected chi connectivity index (χ4v) is 3.12. The van der Waals surface area contributed by atoms with Crippen molar-refractivity contribution < 1.29 is 28.0 Å². The summed E-state index contributed by atoms with van der Waals surface area (Å²) in [6.45, 7) is 0. The van der Waals surface area contributed by atoms with E-state index in [2.05, 4.69) is 4.72 Å². The highest BCUT2D eigenvalue weighted by atomic mass is 32.2. The van der Waals surface area contributed by atoms with Crippen LogP contribution in [0.5, 0.6) is 5.75 Å². The standard InChI is InChI=1S/C14H12N2O7S/c1-23-11-5-6-13(12(8-11)16(19)20)24(21,22)15-10-4-2-3-9(7-10)14(17)18/h2-8,15H,1H3,(H,17,18). The minimum Gasteiger partial charge on any atom is -0.497 e. The van der Waals surface area contributed by atoms with Crippen LogP contribution in [0.25, 0.3) is 0 Å². The molecule has 0 aliphatic heterocycles. The smallest absolute Gasteiger partial charge is 0.335 e. The van der Waals surface area contributed by atoms with Gasteiger partial charge in [0.1, 0.15) is 5.75 Å². The first-order valence-electron chi connectivity index (χ1n) is 6.43. The molecule has 2 aromatic rings. The Kier molecular flexibility index (Phi) is 4.69. The Balaban J connectivity index is 2.46. The molecule has 0 saturated heterocycles. The van der Waals surface area contributed by atoms with Gasteiger partial charge in [-0.05, 0) is 30.3 Å². The second-order valence-corrected chi connectivity index (χ2v) is 6.23. The van der Waals surface area contributed by atoms with E-state index in [1.54, 1.807) is 0 Å². The molecule has 0 heterocycles. The molecule has 0 atom stereocenters. The van der Waals surface area contributed by atoms with Gasteiger partial charge in [-0.2, -0.15) is 0 Å². The van der Waals surface area contributed by atoms with Crippen molar-refractivity contribution in [1.29, 1.82) is 0 Å². The van der Waals surface area contributed by atoms with Gasteiger partial charge in [-0.3, -0.25) is 14.8 Å². The van der Waals surface area contributed by atoms with Crippen LogP contribution < -0.4 is 9.46 Å². The Morgan fingerprint density at radius 1 is 1.25 bits per heavy atom. The number of hydrogen-bond donors (Lipinski definition) is 2. The molecule has 2 N–H and O–H groups in total. The summed E-state index contributed by atoms with van der Waals surface area (Å²) in [6, 6.07) is 8.38. The Morgan fingerprint density at radius 3 is 2.54 bits per heavy atom. The van der Waals surface area contributed by atoms with E-state index in [4.69, 9.17) is 9.84 Å². The van der Waals surface area contributed by atoms with E-state index < -0.39 is 31.5 Å². The van der Waals surface area contributed by atoms with Crippen molar-refractivity contribution in [3.63, 3.8) is 0 Å². The first-order chi connectivity index (χ1) is 11.2. The fourth-order valence-electron chi connectivity index (χ4n) is 1.92. The zero-order valence-electron chi connectivity index (χ0n) is 12.3. The van der Waals surface area contributed by atoms with Crippen molar-refractivity contribution >= 4 is 27.4 Å². The summed E-state index contributed by atoms with van der Waals surface area (Å²) < 4.78 is 31.8. The molecule has 0 amide bonds. The van der Waals surface area contributed by atoms with Crippen molar-refractivity contribution in [2.24, 2.45) is 0 Å². The molecule has 0 fully saturated rings. The first-order valence-corrected chi connectivity index (χ1v) is 7.91. The van der Waals surface area contributed by atoms with Gasteiger partial charge < -0.3 is 9.84 Å². The highest BCUT2D eigenvalue weighted by molar-refractivity contribution is 7.92. The fraction of sp³-hybridized carbons (Fsp3) is 0.0714. The van der Waals surface area contributed by atoms with Gasteiger partial charge >= 0.3 is 5.97 Å². The van der Waals surface area contributed by atoms with Crippen LogP contribution in [0.3, 0.4) is 0 Å². The van der Waals surface area contributed by atoms with E-state index in [1.165, 1.54) is 31.4 Å². The van der Waals surface area contributed by atoms with Gasteiger partial charge in [-0.1, -0.05) is 6.07 Å². The number of rotatable bonds is 6. The Bertz CT molecular complexity index is 909. The molecule has 2 aromatic carbocycles. The third kappa shape index (κ3) is 3.60. The predicted octanol–water partition coefficient (Wildman–Crippen LogP) is 2.10. The molecular formula is C14H12N2O7S. The number of nitrogens with zero attached hydrogens (tertiary/aromatic N) is 1. The molecule has 0 aliphatic carbocycles. The molecular weight excluding hydrogens is 340 g/mol. The van der Waals surface area contributed by atoms with E-state index in [0.717, 1.165) is 18.2 Å². The van der Waals surface area contributed by atoms with Crippen molar-refractivity contribution in [2.75, 3.05) is 11.8 Å². The van der Waals surface area contributed by atoms with Crippen LogP contribution >= 0.6 is 0 Å². The maximum atomic E-state index is 12.4. The van der Waals surface area contributed by atoms with Crippen LogP contribution in [0, 0.1) is 10.1 Å². The lowest BCUT2D eigenvalue weighted by Crippen LogP contribution is -2.15. The van der Waals surface area contributed by atoms with E-state index in [-0.39, 0.29) is 17.0 Å². The van der Waals surface area contributed by atoms with Gasteiger partial charge in [-0.15, -0.1) is 0 Å². The average Bonchev–Trinajstić information content (AvgIpc) is 2.53. The number of aromatic carboxylic acids is 1. The number of nitrogens with one attached hydrogen (secondary N) is 1. The van der Waals surface area contributed by atoms with Crippen molar-refractivity contribution in [1.82, 2.24) is 0 Å². The normalized spacial score (nSPS) is 10.9. The van der Waals surface area contributed by atoms with Crippen LogP contribution in [0.4, 0.5) is 11.4 Å². The third-order valence-corrected chi connectivity index (χ3v) is 4.44. The third-order valence-electron chi connectivity index (χ3n) is 3.01. The summed E-state index contributed by atoms with van der Waals surface area (Å²) in [5.74, 6) is -1.10. The van der Waals surface area contributed by atoms with Gasteiger partial charge in [0.2, 0.25) is 0 Å². The highest BCUT2D eigenvalue weighted by Crippen LogP contribution is 2.29. The summed E-state index contributed by atoms with van der Waals surface area (Å²) in [6.07, 6.45) is 0. The van der Waals surface area contributed by atoms with E-state index in [1.807, 2.05) is 0 Å². The van der Waals surface area contributed by atoms with Gasteiger partial charge in [0, 0.05) is 5.69 Å². The number of nitro groups is 1. The highest BCUT2D eigenvalue weighted by Gasteiger charge is 2.26. The van der Waals surface area contributed by atoms with Gasteiger partial charge in [-0.25, -0.2) is 13.2 Å². The van der Waals surface area contributed by atoms with Gasteiger partial charge in [0.15, 0.2) is 4.90 Å². The molecule has 2 rings (SSSR count). The maximum absolute atomic E-state index is 12.4. The molecule has 0 spiro atoms. The van der Waals surface area contributed by atoms with Crippen LogP contribution in [-0.2, 0) is 10.0 Å². The summed E-state index contributed by atoms with van der Waals surface area (Å²) >= 11 is 0. The molecule has 24 heavy (non-hydrogen) atoms. The molecule has 10 heteroatoms.